The molecule has 1 atom stereocenters. The van der Waals surface area contributed by atoms with Gasteiger partial charge in [-0.25, -0.2) is 4.79 Å². The van der Waals surface area contributed by atoms with E-state index < -0.39 is 18.0 Å². The van der Waals surface area contributed by atoms with Crippen molar-refractivity contribution in [3.8, 4) is 0 Å². The molecule has 0 aliphatic heterocycles. The Morgan fingerprint density at radius 3 is 2.33 bits per heavy atom. The fourth-order valence-electron chi connectivity index (χ4n) is 3.12. The van der Waals surface area contributed by atoms with E-state index in [0.29, 0.717) is 5.56 Å². The van der Waals surface area contributed by atoms with Crippen molar-refractivity contribution < 1.29 is 14.0 Å². The Bertz CT molecular complexity index is 1140. The molecule has 0 aliphatic carbocycles. The number of hydrogen-bond donors (Lipinski definition) is 3. The predicted octanol–water partition coefficient (Wildman–Crippen LogP) is 3.93. The van der Waals surface area contributed by atoms with Gasteiger partial charge in [-0.15, -0.1) is 0 Å². The molecule has 0 spiro atoms. The number of para-hydroxylation sites is 1. The summed E-state index contributed by atoms with van der Waals surface area (Å²) in [5, 5.41) is 7.26. The van der Waals surface area contributed by atoms with Crippen molar-refractivity contribution in [1.82, 2.24) is 5.32 Å². The van der Waals surface area contributed by atoms with Crippen LogP contribution in [0.25, 0.3) is 21.9 Å². The minimum atomic E-state index is -0.890. The molecule has 1 aromatic heterocycles. The van der Waals surface area contributed by atoms with Crippen LogP contribution < -0.4 is 16.4 Å². The van der Waals surface area contributed by atoms with Gasteiger partial charge in [-0.3, -0.25) is 10.1 Å². The zero-order valence-electron chi connectivity index (χ0n) is 14.3. The second-order valence-corrected chi connectivity index (χ2v) is 6.15. The molecule has 0 unspecified atom stereocenters. The molecule has 0 radical (unpaired) electrons. The average Bonchev–Trinajstić information content (AvgIpc) is 3.04. The van der Waals surface area contributed by atoms with Gasteiger partial charge in [0.15, 0.2) is 0 Å². The number of anilines is 1. The van der Waals surface area contributed by atoms with Gasteiger partial charge in [0, 0.05) is 16.5 Å². The summed E-state index contributed by atoms with van der Waals surface area (Å²) in [6.07, 6.45) is 0. The van der Waals surface area contributed by atoms with E-state index in [9.17, 15) is 9.59 Å². The number of benzene rings is 3. The molecule has 6 heteroatoms. The number of amides is 3. The fraction of sp³-hybridized carbons (Fsp3) is 0.0476. The Morgan fingerprint density at radius 1 is 0.852 bits per heavy atom. The summed E-state index contributed by atoms with van der Waals surface area (Å²) in [5.41, 5.74) is 8.12. The Hall–Kier alpha value is -3.80. The SMILES string of the molecule is NC(=O)NC(=O)[C@@H](Nc1ccc2oc3ccccc3c2c1)c1ccccc1. The number of carbonyl (C=O) groups is 2. The largest absolute Gasteiger partial charge is 0.456 e. The minimum absolute atomic E-state index is 0.522. The minimum Gasteiger partial charge on any atom is -0.456 e. The predicted molar refractivity (Wildman–Crippen MR) is 104 cm³/mol. The summed E-state index contributed by atoms with van der Waals surface area (Å²) in [6, 6.07) is 20.8. The lowest BCUT2D eigenvalue weighted by atomic mass is 10.1. The second-order valence-electron chi connectivity index (χ2n) is 6.15. The maximum Gasteiger partial charge on any atom is 0.318 e. The van der Waals surface area contributed by atoms with Gasteiger partial charge in [-0.1, -0.05) is 48.5 Å². The monoisotopic (exact) mass is 359 g/mol. The summed E-state index contributed by atoms with van der Waals surface area (Å²) in [6.45, 7) is 0. The standard InChI is InChI=1S/C21H17N3O3/c22-21(26)24-20(25)19(13-6-2-1-3-7-13)23-14-10-11-18-16(12-14)15-8-4-5-9-17(15)27-18/h1-12,19,23H,(H3,22,24,25,26)/t19-/m0/s1. The van der Waals surface area contributed by atoms with Gasteiger partial charge in [0.1, 0.15) is 17.2 Å². The van der Waals surface area contributed by atoms with Crippen molar-refractivity contribution in [3.63, 3.8) is 0 Å². The van der Waals surface area contributed by atoms with Crippen LogP contribution in [0.2, 0.25) is 0 Å². The number of imide groups is 1. The van der Waals surface area contributed by atoms with E-state index in [1.807, 2.05) is 72.8 Å². The molecule has 0 aliphatic rings. The molecule has 27 heavy (non-hydrogen) atoms. The quantitative estimate of drug-likeness (QED) is 0.514. The van der Waals surface area contributed by atoms with Crippen LogP contribution in [0.3, 0.4) is 0 Å². The van der Waals surface area contributed by atoms with Gasteiger partial charge in [-0.05, 0) is 29.8 Å². The lowest BCUT2D eigenvalue weighted by Gasteiger charge is -2.19. The van der Waals surface area contributed by atoms with Crippen LogP contribution in [-0.4, -0.2) is 11.9 Å². The molecule has 1 heterocycles. The molecule has 0 bridgehead atoms. The summed E-state index contributed by atoms with van der Waals surface area (Å²) in [7, 11) is 0. The van der Waals surface area contributed by atoms with E-state index in [0.717, 1.165) is 27.6 Å². The fourth-order valence-corrected chi connectivity index (χ4v) is 3.12. The number of hydrogen-bond acceptors (Lipinski definition) is 4. The molecule has 0 saturated heterocycles. The molecule has 4 rings (SSSR count). The third-order valence-electron chi connectivity index (χ3n) is 4.33. The maximum atomic E-state index is 12.5. The number of nitrogens with one attached hydrogen (secondary N) is 2. The molecule has 6 nitrogen and oxygen atoms in total. The van der Waals surface area contributed by atoms with Crippen LogP contribution in [0, 0.1) is 0 Å². The van der Waals surface area contributed by atoms with Gasteiger partial charge < -0.3 is 15.5 Å². The van der Waals surface area contributed by atoms with Gasteiger partial charge in [0.2, 0.25) is 0 Å². The zero-order valence-corrected chi connectivity index (χ0v) is 14.3. The van der Waals surface area contributed by atoms with Crippen molar-refractivity contribution in [2.75, 3.05) is 5.32 Å². The smallest absolute Gasteiger partial charge is 0.318 e. The lowest BCUT2D eigenvalue weighted by molar-refractivity contribution is -0.120. The number of rotatable bonds is 4. The van der Waals surface area contributed by atoms with Crippen molar-refractivity contribution in [3.05, 3.63) is 78.4 Å². The Balaban J connectivity index is 1.73. The van der Waals surface area contributed by atoms with Crippen LogP contribution in [-0.2, 0) is 4.79 Å². The highest BCUT2D eigenvalue weighted by molar-refractivity contribution is 6.06. The summed E-state index contributed by atoms with van der Waals surface area (Å²) >= 11 is 0. The first-order valence-electron chi connectivity index (χ1n) is 8.45. The van der Waals surface area contributed by atoms with E-state index in [1.165, 1.54) is 0 Å². The Kier molecular flexibility index (Phi) is 4.22. The Morgan fingerprint density at radius 2 is 1.56 bits per heavy atom. The number of carbonyl (C=O) groups excluding carboxylic acids is 2. The molecule has 134 valence electrons. The molecule has 0 fully saturated rings. The van der Waals surface area contributed by atoms with Crippen molar-refractivity contribution in [1.29, 1.82) is 0 Å². The second kappa shape index (κ2) is 6.84. The van der Waals surface area contributed by atoms with Crippen molar-refractivity contribution >= 4 is 39.6 Å². The van der Waals surface area contributed by atoms with E-state index in [2.05, 4.69) is 10.6 Å². The van der Waals surface area contributed by atoms with Gasteiger partial charge in [0.25, 0.3) is 5.91 Å². The van der Waals surface area contributed by atoms with Gasteiger partial charge >= 0.3 is 6.03 Å². The first-order valence-corrected chi connectivity index (χ1v) is 8.45. The van der Waals surface area contributed by atoms with Gasteiger partial charge in [0.05, 0.1) is 0 Å². The third kappa shape index (κ3) is 3.32. The normalized spacial score (nSPS) is 12.0. The number of urea groups is 1. The average molecular weight is 359 g/mol. The first-order chi connectivity index (χ1) is 13.1. The van der Waals surface area contributed by atoms with E-state index >= 15 is 0 Å². The van der Waals surface area contributed by atoms with Crippen molar-refractivity contribution in [2.45, 2.75) is 6.04 Å². The highest BCUT2D eigenvalue weighted by Crippen LogP contribution is 2.31. The molecule has 4 N–H and O–H groups in total. The number of nitrogens with two attached hydrogens (primary N) is 1. The van der Waals surface area contributed by atoms with Gasteiger partial charge in [-0.2, -0.15) is 0 Å². The van der Waals surface area contributed by atoms with Crippen LogP contribution in [0.15, 0.2) is 77.2 Å². The maximum absolute atomic E-state index is 12.5. The van der Waals surface area contributed by atoms with Crippen molar-refractivity contribution in [2.24, 2.45) is 5.73 Å². The molecule has 4 aromatic rings. The molecule has 0 saturated carbocycles. The number of primary amides is 1. The number of fused-ring (bicyclic) bond motifs is 3. The molecule has 3 amide bonds. The van der Waals surface area contributed by atoms with E-state index in [1.54, 1.807) is 0 Å². The summed E-state index contributed by atoms with van der Waals surface area (Å²) < 4.78 is 5.83. The Labute approximate surface area is 155 Å². The highest BCUT2D eigenvalue weighted by atomic mass is 16.3. The highest BCUT2D eigenvalue weighted by Gasteiger charge is 2.22. The summed E-state index contributed by atoms with van der Waals surface area (Å²) in [5.74, 6) is -0.522. The van der Waals surface area contributed by atoms with Crippen LogP contribution in [0.5, 0.6) is 0 Å². The topological polar surface area (TPSA) is 97.4 Å². The van der Waals surface area contributed by atoms with Crippen LogP contribution in [0.1, 0.15) is 11.6 Å². The molecule has 3 aromatic carbocycles. The molecular weight excluding hydrogens is 342 g/mol. The first kappa shape index (κ1) is 16.7. The van der Waals surface area contributed by atoms with E-state index in [4.69, 9.17) is 10.2 Å². The van der Waals surface area contributed by atoms with Crippen LogP contribution >= 0.6 is 0 Å². The lowest BCUT2D eigenvalue weighted by Crippen LogP contribution is -2.40. The van der Waals surface area contributed by atoms with Crippen LogP contribution in [0.4, 0.5) is 10.5 Å². The summed E-state index contributed by atoms with van der Waals surface area (Å²) in [4.78, 5) is 23.6. The molecular formula is C21H17N3O3. The van der Waals surface area contributed by atoms with E-state index in [-0.39, 0.29) is 0 Å². The zero-order chi connectivity index (χ0) is 18.8. The third-order valence-corrected chi connectivity index (χ3v) is 4.33. The number of furan rings is 1.